The lowest BCUT2D eigenvalue weighted by Gasteiger charge is -2.11. The smallest absolute Gasteiger partial charge is 0.250 e. The molecule has 0 saturated heterocycles. The summed E-state index contributed by atoms with van der Waals surface area (Å²) in [6.07, 6.45) is 0. The molecule has 0 heterocycles. The van der Waals surface area contributed by atoms with E-state index in [2.05, 4.69) is 10.6 Å². The van der Waals surface area contributed by atoms with Crippen molar-refractivity contribution in [3.63, 3.8) is 0 Å². The van der Waals surface area contributed by atoms with Crippen LogP contribution in [0, 0.1) is 0 Å². The highest BCUT2D eigenvalue weighted by Crippen LogP contribution is 2.20. The molecule has 1 amide bonds. The third-order valence-corrected chi connectivity index (χ3v) is 2.97. The van der Waals surface area contributed by atoms with Gasteiger partial charge in [-0.25, -0.2) is 0 Å². The molecule has 0 saturated carbocycles. The van der Waals surface area contributed by atoms with Gasteiger partial charge in [-0.2, -0.15) is 0 Å². The summed E-state index contributed by atoms with van der Waals surface area (Å²) in [6.45, 7) is 0.0836. The fourth-order valence-corrected chi connectivity index (χ4v) is 1.95. The van der Waals surface area contributed by atoms with E-state index in [0.29, 0.717) is 12.2 Å². The third-order valence-electron chi connectivity index (χ3n) is 2.97. The van der Waals surface area contributed by atoms with Gasteiger partial charge >= 0.3 is 0 Å². The second kappa shape index (κ2) is 7.31. The van der Waals surface area contributed by atoms with Crippen LogP contribution in [0.15, 0.2) is 48.5 Å². The van der Waals surface area contributed by atoms with Crippen LogP contribution in [0.25, 0.3) is 0 Å². The van der Waals surface area contributed by atoms with E-state index in [1.807, 2.05) is 42.5 Å². The lowest BCUT2D eigenvalue weighted by Crippen LogP contribution is -2.15. The van der Waals surface area contributed by atoms with E-state index in [4.69, 9.17) is 9.84 Å². The molecule has 0 fully saturated rings. The molecule has 5 nitrogen and oxygen atoms in total. The highest BCUT2D eigenvalue weighted by atomic mass is 16.5. The molecule has 0 radical (unpaired) electrons. The summed E-state index contributed by atoms with van der Waals surface area (Å²) in [4.78, 5) is 11.2. The predicted octanol–water partition coefficient (Wildman–Crippen LogP) is 2.24. The van der Waals surface area contributed by atoms with Crippen LogP contribution < -0.4 is 15.4 Å². The Kier molecular flexibility index (Phi) is 5.17. The Morgan fingerprint density at radius 1 is 1.14 bits per heavy atom. The molecule has 0 atom stereocenters. The van der Waals surface area contributed by atoms with E-state index in [0.717, 1.165) is 17.0 Å². The van der Waals surface area contributed by atoms with Crippen LogP contribution in [0.2, 0.25) is 0 Å². The summed E-state index contributed by atoms with van der Waals surface area (Å²) in [5, 5.41) is 14.6. The Morgan fingerprint density at radius 2 is 1.90 bits per heavy atom. The zero-order chi connectivity index (χ0) is 15.1. The number of ether oxygens (including phenoxy) is 1. The number of carbonyl (C=O) groups is 1. The van der Waals surface area contributed by atoms with Gasteiger partial charge in [0.05, 0.1) is 7.11 Å². The second-order valence-corrected chi connectivity index (χ2v) is 4.45. The van der Waals surface area contributed by atoms with Crippen LogP contribution >= 0.6 is 0 Å². The normalized spacial score (nSPS) is 10.0. The van der Waals surface area contributed by atoms with Gasteiger partial charge < -0.3 is 20.5 Å². The maximum absolute atomic E-state index is 11.2. The van der Waals surface area contributed by atoms with Crippen molar-refractivity contribution in [1.82, 2.24) is 0 Å². The van der Waals surface area contributed by atoms with Crippen LogP contribution in [-0.4, -0.2) is 24.7 Å². The van der Waals surface area contributed by atoms with Crippen LogP contribution in [0.5, 0.6) is 5.75 Å². The Morgan fingerprint density at radius 3 is 2.67 bits per heavy atom. The summed E-state index contributed by atoms with van der Waals surface area (Å²) in [5.74, 6) is 0.395. The van der Waals surface area contributed by atoms with E-state index < -0.39 is 12.5 Å². The molecule has 0 aliphatic heterocycles. The molecule has 0 bridgehead atoms. The fraction of sp³-hybridized carbons (Fsp3) is 0.188. The van der Waals surface area contributed by atoms with Gasteiger partial charge in [-0.05, 0) is 24.3 Å². The summed E-state index contributed by atoms with van der Waals surface area (Å²) in [7, 11) is 1.64. The van der Waals surface area contributed by atoms with E-state index in [9.17, 15) is 4.79 Å². The number of aliphatic hydroxyl groups is 1. The maximum Gasteiger partial charge on any atom is 0.250 e. The monoisotopic (exact) mass is 286 g/mol. The number of hydrogen-bond donors (Lipinski definition) is 3. The van der Waals surface area contributed by atoms with Gasteiger partial charge in [-0.3, -0.25) is 4.79 Å². The van der Waals surface area contributed by atoms with Crippen molar-refractivity contribution in [1.29, 1.82) is 0 Å². The molecule has 21 heavy (non-hydrogen) atoms. The molecule has 5 heteroatoms. The van der Waals surface area contributed by atoms with Crippen molar-refractivity contribution >= 4 is 17.3 Å². The lowest BCUT2D eigenvalue weighted by molar-refractivity contribution is -0.118. The largest absolute Gasteiger partial charge is 0.496 e. The zero-order valence-corrected chi connectivity index (χ0v) is 11.8. The van der Waals surface area contributed by atoms with Gasteiger partial charge in [-0.15, -0.1) is 0 Å². The highest BCUT2D eigenvalue weighted by Gasteiger charge is 2.03. The van der Waals surface area contributed by atoms with Gasteiger partial charge in [0.25, 0.3) is 0 Å². The van der Waals surface area contributed by atoms with Gasteiger partial charge in [0, 0.05) is 23.5 Å². The molecule has 0 aliphatic carbocycles. The minimum atomic E-state index is -0.529. The molecule has 3 N–H and O–H groups in total. The van der Waals surface area contributed by atoms with Crippen LogP contribution in [0.3, 0.4) is 0 Å². The fourth-order valence-electron chi connectivity index (χ4n) is 1.95. The highest BCUT2D eigenvalue weighted by molar-refractivity contribution is 5.91. The first kappa shape index (κ1) is 14.9. The molecule has 2 aromatic rings. The zero-order valence-electron chi connectivity index (χ0n) is 11.8. The Balaban J connectivity index is 2.03. The van der Waals surface area contributed by atoms with Crippen molar-refractivity contribution in [2.75, 3.05) is 24.4 Å². The van der Waals surface area contributed by atoms with Gasteiger partial charge in [0.1, 0.15) is 12.4 Å². The van der Waals surface area contributed by atoms with E-state index in [1.165, 1.54) is 0 Å². The minimum Gasteiger partial charge on any atom is -0.496 e. The molecule has 0 spiro atoms. The Labute approximate surface area is 123 Å². The average Bonchev–Trinajstić information content (AvgIpc) is 2.53. The number of methoxy groups -OCH3 is 1. The lowest BCUT2D eigenvalue weighted by atomic mass is 10.2. The van der Waals surface area contributed by atoms with Gasteiger partial charge in [-0.1, -0.05) is 24.3 Å². The first-order valence-corrected chi connectivity index (χ1v) is 6.59. The molecule has 0 aliphatic rings. The Hall–Kier alpha value is -2.53. The number of hydrogen-bond acceptors (Lipinski definition) is 4. The van der Waals surface area contributed by atoms with E-state index in [1.54, 1.807) is 13.2 Å². The first-order valence-electron chi connectivity index (χ1n) is 6.59. The number of anilines is 2. The van der Waals surface area contributed by atoms with E-state index >= 15 is 0 Å². The molecular weight excluding hydrogens is 268 g/mol. The third kappa shape index (κ3) is 4.22. The topological polar surface area (TPSA) is 70.6 Å². The summed E-state index contributed by atoms with van der Waals surface area (Å²) < 4.78 is 5.30. The van der Waals surface area contributed by atoms with Crippen LogP contribution in [-0.2, 0) is 11.3 Å². The summed E-state index contributed by atoms with van der Waals surface area (Å²) in [5.41, 5.74) is 2.56. The van der Waals surface area contributed by atoms with Crippen molar-refractivity contribution < 1.29 is 14.6 Å². The summed E-state index contributed by atoms with van der Waals surface area (Å²) in [6, 6.07) is 15.1. The second-order valence-electron chi connectivity index (χ2n) is 4.45. The van der Waals surface area contributed by atoms with Crippen LogP contribution in [0.1, 0.15) is 5.56 Å². The number of rotatable bonds is 6. The molecule has 2 rings (SSSR count). The van der Waals surface area contributed by atoms with E-state index in [-0.39, 0.29) is 0 Å². The number of carbonyl (C=O) groups excluding carboxylic acids is 1. The van der Waals surface area contributed by atoms with Crippen LogP contribution in [0.4, 0.5) is 11.4 Å². The molecule has 0 unspecified atom stereocenters. The first-order chi connectivity index (χ1) is 10.2. The van der Waals surface area contributed by atoms with Crippen molar-refractivity contribution in [2.24, 2.45) is 0 Å². The average molecular weight is 286 g/mol. The number of benzene rings is 2. The number of aliphatic hydroxyl groups excluding tert-OH is 1. The standard InChI is InChI=1S/C16H18N2O3/c1-21-15-8-3-2-5-12(15)10-17-13-6-4-7-14(9-13)18-16(20)11-19/h2-9,17,19H,10-11H2,1H3,(H,18,20). The number of para-hydroxylation sites is 1. The number of nitrogens with one attached hydrogen (secondary N) is 2. The van der Waals surface area contributed by atoms with Gasteiger partial charge in [0.2, 0.25) is 5.91 Å². The molecular formula is C16H18N2O3. The summed E-state index contributed by atoms with van der Waals surface area (Å²) >= 11 is 0. The minimum absolute atomic E-state index is 0.433. The predicted molar refractivity (Wildman–Crippen MR) is 82.5 cm³/mol. The van der Waals surface area contributed by atoms with Crippen molar-refractivity contribution in [2.45, 2.75) is 6.54 Å². The van der Waals surface area contributed by atoms with Crippen molar-refractivity contribution in [3.8, 4) is 5.75 Å². The SMILES string of the molecule is COc1ccccc1CNc1cccc(NC(=O)CO)c1. The number of amides is 1. The Bertz CT molecular complexity index is 614. The maximum atomic E-state index is 11.2. The molecule has 0 aromatic heterocycles. The quantitative estimate of drug-likeness (QED) is 0.761. The van der Waals surface area contributed by atoms with Crippen molar-refractivity contribution in [3.05, 3.63) is 54.1 Å². The molecule has 2 aromatic carbocycles. The molecule has 110 valence electrons. The van der Waals surface area contributed by atoms with Gasteiger partial charge in [0.15, 0.2) is 0 Å².